The van der Waals surface area contributed by atoms with Gasteiger partial charge in [-0.2, -0.15) is 0 Å². The molecule has 0 saturated heterocycles. The van der Waals surface area contributed by atoms with Crippen LogP contribution in [0, 0.1) is 5.92 Å². The first kappa shape index (κ1) is 21.6. The number of rotatable bonds is 10. The summed E-state index contributed by atoms with van der Waals surface area (Å²) in [6.07, 6.45) is 11.3. The van der Waals surface area contributed by atoms with E-state index in [1.54, 1.807) is 0 Å². The third-order valence-corrected chi connectivity index (χ3v) is 6.37. The molecule has 1 fully saturated rings. The number of ketones is 1. The summed E-state index contributed by atoms with van der Waals surface area (Å²) in [4.78, 5) is 12.6. The first-order valence-corrected chi connectivity index (χ1v) is 11.5. The van der Waals surface area contributed by atoms with E-state index in [1.165, 1.54) is 56.9 Å². The van der Waals surface area contributed by atoms with Crippen LogP contribution >= 0.6 is 0 Å². The lowest BCUT2D eigenvalue weighted by molar-refractivity contribution is 0.0993. The zero-order valence-electron chi connectivity index (χ0n) is 18.2. The second kappa shape index (κ2) is 11.2. The van der Waals surface area contributed by atoms with Crippen molar-refractivity contribution in [2.75, 3.05) is 6.61 Å². The Kier molecular flexibility index (Phi) is 8.34. The number of benzene rings is 2. The summed E-state index contributed by atoms with van der Waals surface area (Å²) in [6, 6.07) is 16.3. The van der Waals surface area contributed by atoms with Crippen molar-refractivity contribution < 1.29 is 9.53 Å². The van der Waals surface area contributed by atoms with Crippen molar-refractivity contribution in [3.8, 4) is 5.75 Å². The molecule has 2 aromatic carbocycles. The van der Waals surface area contributed by atoms with E-state index >= 15 is 0 Å². The van der Waals surface area contributed by atoms with E-state index in [0.717, 1.165) is 22.8 Å². The third kappa shape index (κ3) is 6.45. The van der Waals surface area contributed by atoms with Gasteiger partial charge in [-0.3, -0.25) is 4.79 Å². The van der Waals surface area contributed by atoms with E-state index in [2.05, 4.69) is 19.1 Å². The molecule has 0 radical (unpaired) electrons. The maximum Gasteiger partial charge on any atom is 0.167 e. The second-order valence-electron chi connectivity index (χ2n) is 8.51. The quantitative estimate of drug-likeness (QED) is 0.312. The number of Topliss-reactive ketones (excluding diaryl/α,β-unsaturated/α-hetero) is 1. The molecular formula is C27H36O2. The summed E-state index contributed by atoms with van der Waals surface area (Å²) >= 11 is 0. The molecule has 2 aromatic rings. The van der Waals surface area contributed by atoms with Gasteiger partial charge in [0.25, 0.3) is 0 Å². The van der Waals surface area contributed by atoms with Crippen LogP contribution in [0.3, 0.4) is 0 Å². The van der Waals surface area contributed by atoms with Crippen LogP contribution in [0.25, 0.3) is 0 Å². The SMILES string of the molecule is CCCCCC1CCC(c2ccc(C(=O)Cc3ccc(OCC)cc3)cc2)CC1. The van der Waals surface area contributed by atoms with Gasteiger partial charge >= 0.3 is 0 Å². The van der Waals surface area contributed by atoms with Crippen molar-refractivity contribution in [3.05, 3.63) is 65.2 Å². The molecule has 0 unspecified atom stereocenters. The van der Waals surface area contributed by atoms with Gasteiger partial charge < -0.3 is 4.74 Å². The second-order valence-corrected chi connectivity index (χ2v) is 8.51. The minimum Gasteiger partial charge on any atom is -0.494 e. The molecule has 156 valence electrons. The van der Waals surface area contributed by atoms with Crippen LogP contribution in [0.5, 0.6) is 5.75 Å². The average Bonchev–Trinajstić information content (AvgIpc) is 2.76. The van der Waals surface area contributed by atoms with E-state index in [1.807, 2.05) is 43.3 Å². The Bertz CT molecular complexity index is 737. The fourth-order valence-electron chi connectivity index (χ4n) is 4.57. The van der Waals surface area contributed by atoms with Crippen molar-refractivity contribution in [1.29, 1.82) is 0 Å². The molecule has 0 aromatic heterocycles. The number of carbonyl (C=O) groups excluding carboxylic acids is 1. The highest BCUT2D eigenvalue weighted by atomic mass is 16.5. The van der Waals surface area contributed by atoms with Crippen LogP contribution in [0.15, 0.2) is 48.5 Å². The van der Waals surface area contributed by atoms with E-state index in [4.69, 9.17) is 4.74 Å². The minimum atomic E-state index is 0.181. The van der Waals surface area contributed by atoms with Crippen molar-refractivity contribution >= 4 is 5.78 Å². The number of hydrogen-bond donors (Lipinski definition) is 0. The van der Waals surface area contributed by atoms with Crippen molar-refractivity contribution in [3.63, 3.8) is 0 Å². The zero-order chi connectivity index (χ0) is 20.5. The average molecular weight is 393 g/mol. The molecule has 0 atom stereocenters. The molecule has 0 heterocycles. The Hall–Kier alpha value is -2.09. The van der Waals surface area contributed by atoms with Gasteiger partial charge in [-0.1, -0.05) is 69.0 Å². The monoisotopic (exact) mass is 392 g/mol. The summed E-state index contributed by atoms with van der Waals surface area (Å²) < 4.78 is 5.47. The number of ether oxygens (including phenoxy) is 1. The lowest BCUT2D eigenvalue weighted by Crippen LogP contribution is -2.13. The zero-order valence-corrected chi connectivity index (χ0v) is 18.2. The Morgan fingerprint density at radius 2 is 1.59 bits per heavy atom. The lowest BCUT2D eigenvalue weighted by atomic mass is 9.77. The van der Waals surface area contributed by atoms with E-state index < -0.39 is 0 Å². The van der Waals surface area contributed by atoms with E-state index in [-0.39, 0.29) is 5.78 Å². The Morgan fingerprint density at radius 1 is 0.897 bits per heavy atom. The standard InChI is InChI=1S/C27H36O2/c1-3-5-6-7-21-8-12-23(13-9-21)24-14-16-25(17-15-24)27(28)20-22-10-18-26(19-11-22)29-4-2/h10-11,14-19,21,23H,3-9,12-13,20H2,1-2H3. The molecule has 29 heavy (non-hydrogen) atoms. The lowest BCUT2D eigenvalue weighted by Gasteiger charge is -2.29. The van der Waals surface area contributed by atoms with Gasteiger partial charge in [-0.05, 0) is 67.7 Å². The van der Waals surface area contributed by atoms with E-state index in [0.29, 0.717) is 18.9 Å². The van der Waals surface area contributed by atoms with Gasteiger partial charge in [0.15, 0.2) is 5.78 Å². The minimum absolute atomic E-state index is 0.181. The topological polar surface area (TPSA) is 26.3 Å². The maximum absolute atomic E-state index is 12.6. The van der Waals surface area contributed by atoms with Crippen LogP contribution in [-0.2, 0) is 6.42 Å². The molecule has 3 rings (SSSR count). The summed E-state index contributed by atoms with van der Waals surface area (Å²) in [5, 5.41) is 0. The summed E-state index contributed by atoms with van der Waals surface area (Å²) in [6.45, 7) is 4.91. The molecule has 1 aliphatic carbocycles. The van der Waals surface area contributed by atoms with Gasteiger partial charge in [0.1, 0.15) is 5.75 Å². The smallest absolute Gasteiger partial charge is 0.167 e. The van der Waals surface area contributed by atoms with Crippen molar-refractivity contribution in [2.24, 2.45) is 5.92 Å². The van der Waals surface area contributed by atoms with Gasteiger partial charge in [0.2, 0.25) is 0 Å². The Labute approximate surface area is 176 Å². The van der Waals surface area contributed by atoms with Gasteiger partial charge in [0.05, 0.1) is 6.61 Å². The van der Waals surface area contributed by atoms with Gasteiger partial charge in [0, 0.05) is 12.0 Å². The molecule has 2 heteroatoms. The Balaban J connectivity index is 1.50. The fraction of sp³-hybridized carbons (Fsp3) is 0.519. The number of carbonyl (C=O) groups is 1. The Morgan fingerprint density at radius 3 is 2.21 bits per heavy atom. The number of unbranched alkanes of at least 4 members (excludes halogenated alkanes) is 2. The highest BCUT2D eigenvalue weighted by molar-refractivity contribution is 5.97. The van der Waals surface area contributed by atoms with Crippen molar-refractivity contribution in [2.45, 2.75) is 77.6 Å². The van der Waals surface area contributed by atoms with Crippen molar-refractivity contribution in [1.82, 2.24) is 0 Å². The molecular weight excluding hydrogens is 356 g/mol. The first-order chi connectivity index (χ1) is 14.2. The van der Waals surface area contributed by atoms with Crippen LogP contribution in [-0.4, -0.2) is 12.4 Å². The maximum atomic E-state index is 12.6. The van der Waals surface area contributed by atoms with E-state index in [9.17, 15) is 4.79 Å². The van der Waals surface area contributed by atoms with Crippen LogP contribution < -0.4 is 4.74 Å². The normalized spacial score (nSPS) is 19.1. The molecule has 0 aliphatic heterocycles. The molecule has 1 saturated carbocycles. The predicted molar refractivity (Wildman–Crippen MR) is 121 cm³/mol. The van der Waals surface area contributed by atoms with Crippen LogP contribution in [0.2, 0.25) is 0 Å². The molecule has 0 amide bonds. The third-order valence-electron chi connectivity index (χ3n) is 6.37. The predicted octanol–water partition coefficient (Wildman–Crippen LogP) is 7.36. The molecule has 0 N–H and O–H groups in total. The summed E-state index contributed by atoms with van der Waals surface area (Å²) in [7, 11) is 0. The number of hydrogen-bond acceptors (Lipinski definition) is 2. The molecule has 1 aliphatic rings. The van der Waals surface area contributed by atoms with Gasteiger partial charge in [-0.15, -0.1) is 0 Å². The molecule has 0 spiro atoms. The highest BCUT2D eigenvalue weighted by Gasteiger charge is 2.22. The highest BCUT2D eigenvalue weighted by Crippen LogP contribution is 2.37. The molecule has 2 nitrogen and oxygen atoms in total. The van der Waals surface area contributed by atoms with Crippen LogP contribution in [0.1, 0.15) is 92.6 Å². The molecule has 0 bridgehead atoms. The largest absolute Gasteiger partial charge is 0.494 e. The van der Waals surface area contributed by atoms with Crippen LogP contribution in [0.4, 0.5) is 0 Å². The fourth-order valence-corrected chi connectivity index (χ4v) is 4.57. The first-order valence-electron chi connectivity index (χ1n) is 11.5. The van der Waals surface area contributed by atoms with Gasteiger partial charge in [-0.25, -0.2) is 0 Å². The summed E-state index contributed by atoms with van der Waals surface area (Å²) in [5.74, 6) is 2.65. The summed E-state index contributed by atoms with van der Waals surface area (Å²) in [5.41, 5.74) is 3.26.